The van der Waals surface area contributed by atoms with Crippen molar-refractivity contribution in [2.24, 2.45) is 5.73 Å². The highest BCUT2D eigenvalue weighted by atomic mass is 19.4. The maximum atomic E-state index is 15.3. The van der Waals surface area contributed by atoms with E-state index in [9.17, 15) is 31.9 Å². The summed E-state index contributed by atoms with van der Waals surface area (Å²) in [6.07, 6.45) is -6.51. The Kier molecular flexibility index (Phi) is 6.53. The van der Waals surface area contributed by atoms with E-state index in [-0.39, 0.29) is 29.4 Å². The van der Waals surface area contributed by atoms with Crippen molar-refractivity contribution in [3.8, 4) is 11.1 Å². The molecule has 0 saturated carbocycles. The molecule has 3 N–H and O–H groups in total. The second-order valence-electron chi connectivity index (χ2n) is 6.74. The zero-order valence-electron chi connectivity index (χ0n) is 16.3. The summed E-state index contributed by atoms with van der Waals surface area (Å²) < 4.78 is 88.9. The summed E-state index contributed by atoms with van der Waals surface area (Å²) in [6.45, 7) is 3.85. The molecule has 0 aromatic heterocycles. The first-order valence-electron chi connectivity index (χ1n) is 8.75. The molecule has 164 valence electrons. The molecule has 0 heterocycles. The number of carbonyl (C=O) groups is 1. The number of carbonyl (C=O) groups excluding carboxylic acids is 1. The molecular weight excluding hydrogens is 416 g/mol. The standard InChI is InChI=1S/C20H19F6NO3/c1-4-30-14(28)8-19(27,29)16-17(22)11(7-12(18(16)23)20(24,25)26)15-9(2)5-6-13(21)10(15)3/h5-7,29H,4,8,27H2,1-3H3. The van der Waals surface area contributed by atoms with Crippen molar-refractivity contribution in [2.75, 3.05) is 6.61 Å². The van der Waals surface area contributed by atoms with Gasteiger partial charge in [-0.1, -0.05) is 6.07 Å². The molecule has 4 nitrogen and oxygen atoms in total. The highest BCUT2D eigenvalue weighted by Crippen LogP contribution is 2.42. The first-order chi connectivity index (χ1) is 13.7. The number of aryl methyl sites for hydroxylation is 1. The van der Waals surface area contributed by atoms with E-state index in [4.69, 9.17) is 5.73 Å². The monoisotopic (exact) mass is 435 g/mol. The number of rotatable bonds is 5. The third-order valence-electron chi connectivity index (χ3n) is 4.53. The number of benzene rings is 2. The number of nitrogens with two attached hydrogens (primary N) is 1. The van der Waals surface area contributed by atoms with Crippen LogP contribution in [-0.2, 0) is 21.4 Å². The Morgan fingerprint density at radius 3 is 2.27 bits per heavy atom. The number of ether oxygens (including phenoxy) is 1. The lowest BCUT2D eigenvalue weighted by Crippen LogP contribution is -2.41. The molecule has 2 aromatic carbocycles. The van der Waals surface area contributed by atoms with Crippen molar-refractivity contribution in [1.82, 2.24) is 0 Å². The van der Waals surface area contributed by atoms with E-state index in [1.807, 2.05) is 0 Å². The van der Waals surface area contributed by atoms with Crippen molar-refractivity contribution in [3.05, 3.63) is 57.9 Å². The maximum Gasteiger partial charge on any atom is 0.419 e. The number of halogens is 6. The van der Waals surface area contributed by atoms with Crippen molar-refractivity contribution < 1.29 is 41.0 Å². The predicted molar refractivity (Wildman–Crippen MR) is 95.6 cm³/mol. The molecule has 1 atom stereocenters. The quantitative estimate of drug-likeness (QED) is 0.413. The number of hydrogen-bond donors (Lipinski definition) is 2. The number of hydrogen-bond acceptors (Lipinski definition) is 4. The van der Waals surface area contributed by atoms with E-state index in [0.717, 1.165) is 6.07 Å². The summed E-state index contributed by atoms with van der Waals surface area (Å²) in [4.78, 5) is 11.7. The topological polar surface area (TPSA) is 72.5 Å². The highest BCUT2D eigenvalue weighted by molar-refractivity contribution is 5.75. The Hall–Kier alpha value is -2.59. The SMILES string of the molecule is CCOC(=O)CC(N)(O)c1c(F)c(-c2c(C)ccc(F)c2C)cc(C(F)(F)F)c1F. The molecule has 0 bridgehead atoms. The van der Waals surface area contributed by atoms with E-state index in [1.54, 1.807) is 0 Å². The van der Waals surface area contributed by atoms with E-state index in [0.29, 0.717) is 0 Å². The summed E-state index contributed by atoms with van der Waals surface area (Å²) in [6, 6.07) is 2.44. The summed E-state index contributed by atoms with van der Waals surface area (Å²) in [5, 5.41) is 10.4. The normalized spacial score (nSPS) is 13.8. The van der Waals surface area contributed by atoms with Gasteiger partial charge in [0.2, 0.25) is 0 Å². The zero-order chi connectivity index (χ0) is 23.0. The molecule has 1 unspecified atom stereocenters. The predicted octanol–water partition coefficient (Wildman–Crippen LogP) is 4.46. The first kappa shape index (κ1) is 23.7. The molecule has 0 aliphatic carbocycles. The molecule has 2 aromatic rings. The smallest absolute Gasteiger partial charge is 0.419 e. The van der Waals surface area contributed by atoms with Crippen molar-refractivity contribution in [1.29, 1.82) is 0 Å². The van der Waals surface area contributed by atoms with Gasteiger partial charge in [-0.25, -0.2) is 13.2 Å². The Labute approximate surface area is 168 Å². The Morgan fingerprint density at radius 1 is 1.13 bits per heavy atom. The van der Waals surface area contributed by atoms with Gasteiger partial charge < -0.3 is 9.84 Å². The fraction of sp³-hybridized carbons (Fsp3) is 0.350. The fourth-order valence-electron chi connectivity index (χ4n) is 3.16. The largest absolute Gasteiger partial charge is 0.466 e. The molecule has 0 saturated heterocycles. The summed E-state index contributed by atoms with van der Waals surface area (Å²) >= 11 is 0. The number of aliphatic hydroxyl groups is 1. The average Bonchev–Trinajstić information content (AvgIpc) is 2.58. The van der Waals surface area contributed by atoms with Crippen LogP contribution in [0.15, 0.2) is 18.2 Å². The van der Waals surface area contributed by atoms with Crippen molar-refractivity contribution in [2.45, 2.75) is 39.1 Å². The van der Waals surface area contributed by atoms with Gasteiger partial charge in [-0.2, -0.15) is 13.2 Å². The van der Waals surface area contributed by atoms with Crippen LogP contribution in [0, 0.1) is 31.3 Å². The summed E-state index contributed by atoms with van der Waals surface area (Å²) in [7, 11) is 0. The maximum absolute atomic E-state index is 15.3. The Morgan fingerprint density at radius 2 is 1.73 bits per heavy atom. The van der Waals surface area contributed by atoms with Gasteiger partial charge in [-0.05, 0) is 49.6 Å². The van der Waals surface area contributed by atoms with Crippen LogP contribution in [0.2, 0.25) is 0 Å². The number of alkyl halides is 3. The van der Waals surface area contributed by atoms with E-state index in [1.165, 1.54) is 26.8 Å². The lowest BCUT2D eigenvalue weighted by atomic mass is 9.88. The van der Waals surface area contributed by atoms with E-state index >= 15 is 4.39 Å². The molecule has 0 aliphatic heterocycles. The average molecular weight is 435 g/mol. The number of esters is 1. The fourth-order valence-corrected chi connectivity index (χ4v) is 3.16. The van der Waals surface area contributed by atoms with Gasteiger partial charge in [0.1, 0.15) is 17.5 Å². The lowest BCUT2D eigenvalue weighted by molar-refractivity contribution is -0.149. The molecular formula is C20H19F6NO3. The molecule has 0 amide bonds. The molecule has 10 heteroatoms. The van der Waals surface area contributed by atoms with Crippen LogP contribution >= 0.6 is 0 Å². The zero-order valence-corrected chi connectivity index (χ0v) is 16.3. The van der Waals surface area contributed by atoms with Crippen molar-refractivity contribution >= 4 is 5.97 Å². The molecule has 0 aliphatic rings. The van der Waals surface area contributed by atoms with Gasteiger partial charge in [0, 0.05) is 5.56 Å². The molecule has 2 rings (SSSR count). The van der Waals surface area contributed by atoms with Gasteiger partial charge in [0.05, 0.1) is 24.2 Å². The van der Waals surface area contributed by atoms with Crippen LogP contribution in [0.25, 0.3) is 11.1 Å². The molecule has 0 fully saturated rings. The van der Waals surface area contributed by atoms with Gasteiger partial charge in [0.25, 0.3) is 0 Å². The van der Waals surface area contributed by atoms with Crippen molar-refractivity contribution in [3.63, 3.8) is 0 Å². The van der Waals surface area contributed by atoms with Crippen LogP contribution in [0.3, 0.4) is 0 Å². The molecule has 0 spiro atoms. The van der Waals surface area contributed by atoms with E-state index < -0.39 is 58.4 Å². The van der Waals surface area contributed by atoms with E-state index in [2.05, 4.69) is 4.74 Å². The lowest BCUT2D eigenvalue weighted by Gasteiger charge is -2.27. The summed E-state index contributed by atoms with van der Waals surface area (Å²) in [5.74, 6) is -5.83. The minimum Gasteiger partial charge on any atom is -0.466 e. The van der Waals surface area contributed by atoms with Crippen LogP contribution in [-0.4, -0.2) is 17.7 Å². The Balaban J connectivity index is 2.90. The first-order valence-corrected chi connectivity index (χ1v) is 8.75. The highest BCUT2D eigenvalue weighted by Gasteiger charge is 2.43. The Bertz CT molecular complexity index is 986. The summed E-state index contributed by atoms with van der Waals surface area (Å²) in [5.41, 5.74) is -2.25. The van der Waals surface area contributed by atoms with Gasteiger partial charge >= 0.3 is 12.1 Å². The third-order valence-corrected chi connectivity index (χ3v) is 4.53. The van der Waals surface area contributed by atoms with Crippen LogP contribution in [0.5, 0.6) is 0 Å². The van der Waals surface area contributed by atoms with Crippen LogP contribution in [0.1, 0.15) is 35.6 Å². The van der Waals surface area contributed by atoms with Crippen LogP contribution < -0.4 is 5.73 Å². The minimum absolute atomic E-state index is 0.157. The third kappa shape index (κ3) is 4.44. The second kappa shape index (κ2) is 8.27. The molecule has 30 heavy (non-hydrogen) atoms. The van der Waals surface area contributed by atoms with Crippen LogP contribution in [0.4, 0.5) is 26.3 Å². The molecule has 0 radical (unpaired) electrons. The van der Waals surface area contributed by atoms with Gasteiger partial charge in [-0.15, -0.1) is 0 Å². The minimum atomic E-state index is -5.30. The van der Waals surface area contributed by atoms with Gasteiger partial charge in [0.15, 0.2) is 5.72 Å². The second-order valence-corrected chi connectivity index (χ2v) is 6.74. The van der Waals surface area contributed by atoms with Gasteiger partial charge in [-0.3, -0.25) is 10.5 Å².